The number of carbonyl (C=O) groups excluding carboxylic acids is 1. The molecule has 0 aliphatic carbocycles. The van der Waals surface area contributed by atoms with Crippen LogP contribution in [0, 0.1) is 13.8 Å². The molecular weight excluding hydrogens is 390 g/mol. The maximum atomic E-state index is 12.7. The first-order chi connectivity index (χ1) is 13.5. The van der Waals surface area contributed by atoms with Crippen LogP contribution in [0.3, 0.4) is 0 Å². The molecule has 0 spiro atoms. The highest BCUT2D eigenvalue weighted by Crippen LogP contribution is 2.25. The number of hydrogen-bond donors (Lipinski definition) is 1. The molecule has 4 rings (SSSR count). The van der Waals surface area contributed by atoms with Gasteiger partial charge in [0.2, 0.25) is 11.1 Å². The van der Waals surface area contributed by atoms with Crippen LogP contribution in [0.1, 0.15) is 17.0 Å². The Balaban J connectivity index is 1.56. The number of anilines is 1. The molecule has 0 aliphatic heterocycles. The van der Waals surface area contributed by atoms with Gasteiger partial charge in [0.05, 0.1) is 6.42 Å². The zero-order valence-corrected chi connectivity index (χ0v) is 17.4. The molecule has 0 bridgehead atoms. The third-order valence-electron chi connectivity index (χ3n) is 4.55. The fraction of sp³-hybridized carbons (Fsp3) is 0.200. The minimum atomic E-state index is -0.0833. The van der Waals surface area contributed by atoms with E-state index in [4.69, 9.17) is 0 Å². The molecule has 1 N–H and O–H groups in total. The zero-order valence-electron chi connectivity index (χ0n) is 15.8. The summed E-state index contributed by atoms with van der Waals surface area (Å²) in [5, 5.41) is 12.2. The van der Waals surface area contributed by atoms with E-state index in [-0.39, 0.29) is 12.3 Å². The number of nitrogens with one attached hydrogen (secondary N) is 1. The molecule has 6 nitrogen and oxygen atoms in total. The van der Waals surface area contributed by atoms with Gasteiger partial charge in [-0.2, -0.15) is 16.3 Å². The highest BCUT2D eigenvalue weighted by atomic mass is 32.2. The predicted molar refractivity (Wildman–Crippen MR) is 114 cm³/mol. The molecule has 1 aromatic carbocycles. The summed E-state index contributed by atoms with van der Waals surface area (Å²) in [6.45, 7) is 3.85. The lowest BCUT2D eigenvalue weighted by Crippen LogP contribution is -2.17. The van der Waals surface area contributed by atoms with Gasteiger partial charge in [0.1, 0.15) is 0 Å². The minimum absolute atomic E-state index is 0.0833. The summed E-state index contributed by atoms with van der Waals surface area (Å²) in [4.78, 5) is 21.6. The second kappa shape index (κ2) is 7.73. The van der Waals surface area contributed by atoms with Crippen LogP contribution in [-0.2, 0) is 11.2 Å². The number of aromatic nitrogens is 4. The lowest BCUT2D eigenvalue weighted by atomic mass is 10.1. The molecule has 142 valence electrons. The average Bonchev–Trinajstić information content (AvgIpc) is 3.35. The van der Waals surface area contributed by atoms with Gasteiger partial charge >= 0.3 is 0 Å². The zero-order chi connectivity index (χ0) is 19.7. The number of carbonyl (C=O) groups is 1. The Labute approximate surface area is 171 Å². The van der Waals surface area contributed by atoms with E-state index >= 15 is 0 Å². The van der Waals surface area contributed by atoms with Crippen LogP contribution in [0.25, 0.3) is 16.9 Å². The van der Waals surface area contributed by atoms with Crippen LogP contribution in [0.5, 0.6) is 0 Å². The number of thioether (sulfide) groups is 1. The highest BCUT2D eigenvalue weighted by Gasteiger charge is 2.16. The Hall–Kier alpha value is -2.71. The molecule has 0 aliphatic rings. The van der Waals surface area contributed by atoms with E-state index in [9.17, 15) is 4.79 Å². The minimum Gasteiger partial charge on any atom is -0.326 e. The number of amides is 1. The third-order valence-corrected chi connectivity index (χ3v) is 5.77. The standard InChI is InChI=1S/C20H19N5OS2/c1-12-17(13(2)25-19(21-12)23-20(24-25)27-3)10-18(26)22-16-6-4-5-14(9-16)15-7-8-28-11-15/h4-9,11H,10H2,1-3H3,(H,22,26). The van der Waals surface area contributed by atoms with Gasteiger partial charge in [-0.05, 0) is 60.2 Å². The normalized spacial score (nSPS) is 11.1. The van der Waals surface area contributed by atoms with Gasteiger partial charge < -0.3 is 5.32 Å². The molecular formula is C20H19N5OS2. The second-order valence-electron chi connectivity index (χ2n) is 6.39. The monoisotopic (exact) mass is 409 g/mol. The maximum absolute atomic E-state index is 12.7. The number of nitrogens with zero attached hydrogens (tertiary/aromatic N) is 4. The molecule has 0 radical (unpaired) electrons. The van der Waals surface area contributed by atoms with Gasteiger partial charge in [0.15, 0.2) is 0 Å². The Bertz CT molecular complexity index is 1150. The molecule has 1 amide bonds. The Morgan fingerprint density at radius 3 is 2.82 bits per heavy atom. The van der Waals surface area contributed by atoms with E-state index in [1.807, 2.05) is 49.7 Å². The van der Waals surface area contributed by atoms with Gasteiger partial charge in [-0.1, -0.05) is 23.9 Å². The first-order valence-electron chi connectivity index (χ1n) is 8.74. The van der Waals surface area contributed by atoms with E-state index in [2.05, 4.69) is 31.8 Å². The molecule has 0 saturated carbocycles. The molecule has 0 atom stereocenters. The molecule has 8 heteroatoms. The van der Waals surface area contributed by atoms with Crippen LogP contribution < -0.4 is 5.32 Å². The number of thiophene rings is 1. The van der Waals surface area contributed by atoms with Crippen molar-refractivity contribution in [2.75, 3.05) is 11.6 Å². The van der Waals surface area contributed by atoms with E-state index < -0.39 is 0 Å². The summed E-state index contributed by atoms with van der Waals surface area (Å²) in [5.41, 5.74) is 5.57. The fourth-order valence-electron chi connectivity index (χ4n) is 3.10. The van der Waals surface area contributed by atoms with Crippen molar-refractivity contribution in [2.45, 2.75) is 25.4 Å². The number of aryl methyl sites for hydroxylation is 2. The maximum Gasteiger partial charge on any atom is 0.253 e. The summed E-state index contributed by atoms with van der Waals surface area (Å²) in [6, 6.07) is 9.95. The van der Waals surface area contributed by atoms with E-state index in [1.54, 1.807) is 15.9 Å². The molecule has 0 saturated heterocycles. The van der Waals surface area contributed by atoms with Crippen LogP contribution in [-0.4, -0.2) is 31.7 Å². The van der Waals surface area contributed by atoms with Crippen molar-refractivity contribution in [3.63, 3.8) is 0 Å². The second-order valence-corrected chi connectivity index (χ2v) is 7.94. The molecule has 28 heavy (non-hydrogen) atoms. The lowest BCUT2D eigenvalue weighted by molar-refractivity contribution is -0.115. The molecule has 0 unspecified atom stereocenters. The molecule has 0 fully saturated rings. The first kappa shape index (κ1) is 18.6. The Morgan fingerprint density at radius 2 is 2.07 bits per heavy atom. The third kappa shape index (κ3) is 3.65. The van der Waals surface area contributed by atoms with Gasteiger partial charge in [-0.3, -0.25) is 4.79 Å². The van der Waals surface area contributed by atoms with Crippen molar-refractivity contribution >= 4 is 40.5 Å². The summed E-state index contributed by atoms with van der Waals surface area (Å²) in [5.74, 6) is 0.479. The van der Waals surface area contributed by atoms with E-state index in [0.29, 0.717) is 10.9 Å². The summed E-state index contributed by atoms with van der Waals surface area (Å²) in [6.07, 6.45) is 2.16. The van der Waals surface area contributed by atoms with Crippen molar-refractivity contribution in [3.05, 3.63) is 58.0 Å². The summed E-state index contributed by atoms with van der Waals surface area (Å²) >= 11 is 3.12. The quantitative estimate of drug-likeness (QED) is 0.496. The van der Waals surface area contributed by atoms with Gasteiger partial charge in [0, 0.05) is 22.6 Å². The molecule has 3 aromatic heterocycles. The van der Waals surface area contributed by atoms with Crippen LogP contribution in [0.4, 0.5) is 5.69 Å². The average molecular weight is 410 g/mol. The van der Waals surface area contributed by atoms with Crippen molar-refractivity contribution in [1.29, 1.82) is 0 Å². The Morgan fingerprint density at radius 1 is 1.21 bits per heavy atom. The van der Waals surface area contributed by atoms with E-state index in [0.717, 1.165) is 33.8 Å². The van der Waals surface area contributed by atoms with Gasteiger partial charge in [-0.15, -0.1) is 5.10 Å². The van der Waals surface area contributed by atoms with Crippen molar-refractivity contribution in [3.8, 4) is 11.1 Å². The largest absolute Gasteiger partial charge is 0.326 e. The highest BCUT2D eigenvalue weighted by molar-refractivity contribution is 7.98. The van der Waals surface area contributed by atoms with E-state index in [1.165, 1.54) is 11.8 Å². The number of fused-ring (bicyclic) bond motifs is 1. The van der Waals surface area contributed by atoms with Crippen LogP contribution in [0.15, 0.2) is 46.2 Å². The van der Waals surface area contributed by atoms with Crippen molar-refractivity contribution in [1.82, 2.24) is 19.6 Å². The van der Waals surface area contributed by atoms with Crippen LogP contribution in [0.2, 0.25) is 0 Å². The summed E-state index contributed by atoms with van der Waals surface area (Å²) < 4.78 is 1.71. The smallest absolute Gasteiger partial charge is 0.253 e. The number of rotatable bonds is 5. The van der Waals surface area contributed by atoms with Crippen molar-refractivity contribution in [2.24, 2.45) is 0 Å². The number of hydrogen-bond acceptors (Lipinski definition) is 6. The first-order valence-corrected chi connectivity index (χ1v) is 10.9. The molecule has 3 heterocycles. The summed E-state index contributed by atoms with van der Waals surface area (Å²) in [7, 11) is 0. The lowest BCUT2D eigenvalue weighted by Gasteiger charge is -2.11. The molecule has 4 aromatic rings. The van der Waals surface area contributed by atoms with Gasteiger partial charge in [-0.25, -0.2) is 9.50 Å². The number of benzene rings is 1. The SMILES string of the molecule is CSc1nc2nc(C)c(CC(=O)Nc3cccc(-c4ccsc4)c3)c(C)n2n1. The Kier molecular flexibility index (Phi) is 5.15. The van der Waals surface area contributed by atoms with Crippen molar-refractivity contribution < 1.29 is 4.79 Å². The predicted octanol–water partition coefficient (Wildman–Crippen LogP) is 4.37. The van der Waals surface area contributed by atoms with Crippen LogP contribution >= 0.6 is 23.1 Å². The topological polar surface area (TPSA) is 72.2 Å². The van der Waals surface area contributed by atoms with Gasteiger partial charge in [0.25, 0.3) is 5.78 Å². The fourth-order valence-corrected chi connectivity index (χ4v) is 4.10.